The molecule has 0 bridgehead atoms. The lowest BCUT2D eigenvalue weighted by atomic mass is 10.2. The van der Waals surface area contributed by atoms with Crippen LogP contribution in [0.4, 0.5) is 4.39 Å². The van der Waals surface area contributed by atoms with Crippen molar-refractivity contribution in [3.63, 3.8) is 0 Å². The third-order valence-corrected chi connectivity index (χ3v) is 4.01. The van der Waals surface area contributed by atoms with E-state index in [1.165, 1.54) is 36.4 Å². The Hall–Kier alpha value is -1.34. The number of hydrogen-bond donors (Lipinski definition) is 1. The topological polar surface area (TPSA) is 69.4 Å². The van der Waals surface area contributed by atoms with Gasteiger partial charge in [-0.25, -0.2) is 17.9 Å². The molecule has 0 saturated carbocycles. The number of primary sulfonamides is 1. The van der Waals surface area contributed by atoms with Crippen LogP contribution < -0.4 is 9.88 Å². The van der Waals surface area contributed by atoms with Gasteiger partial charge in [-0.2, -0.15) is 0 Å². The lowest BCUT2D eigenvalue weighted by Crippen LogP contribution is -2.14. The van der Waals surface area contributed by atoms with Crippen molar-refractivity contribution in [3.05, 3.63) is 57.8 Å². The molecule has 0 atom stereocenters. The van der Waals surface area contributed by atoms with E-state index in [0.29, 0.717) is 5.02 Å². The average molecular weight is 350 g/mol. The van der Waals surface area contributed by atoms with E-state index in [1.807, 2.05) is 0 Å². The van der Waals surface area contributed by atoms with E-state index >= 15 is 0 Å². The van der Waals surface area contributed by atoms with E-state index in [0.717, 1.165) is 0 Å². The molecule has 8 heteroatoms. The molecule has 2 N–H and O–H groups in total. The first-order valence-electron chi connectivity index (χ1n) is 5.66. The minimum Gasteiger partial charge on any atom is -0.487 e. The van der Waals surface area contributed by atoms with Crippen molar-refractivity contribution in [2.75, 3.05) is 0 Å². The number of benzene rings is 2. The van der Waals surface area contributed by atoms with Crippen LogP contribution in [0.2, 0.25) is 10.0 Å². The third-order valence-electron chi connectivity index (χ3n) is 2.60. The first-order valence-corrected chi connectivity index (χ1v) is 7.96. The Kier molecular flexibility index (Phi) is 4.73. The minimum absolute atomic E-state index is 0.0127. The Bertz CT molecular complexity index is 781. The van der Waals surface area contributed by atoms with Gasteiger partial charge in [0.25, 0.3) is 0 Å². The van der Waals surface area contributed by atoms with Crippen LogP contribution in [0, 0.1) is 5.82 Å². The van der Waals surface area contributed by atoms with Crippen LogP contribution in [0.15, 0.2) is 41.3 Å². The zero-order valence-corrected chi connectivity index (χ0v) is 12.8. The fraction of sp³-hybridized carbons (Fsp3) is 0.0769. The molecule has 0 heterocycles. The highest BCUT2D eigenvalue weighted by molar-refractivity contribution is 7.89. The van der Waals surface area contributed by atoms with Crippen LogP contribution in [0.1, 0.15) is 5.56 Å². The minimum atomic E-state index is -4.01. The fourth-order valence-corrected chi connectivity index (χ4v) is 2.76. The molecule has 0 saturated heterocycles. The van der Waals surface area contributed by atoms with Crippen molar-refractivity contribution in [3.8, 4) is 5.75 Å². The molecular formula is C13H10Cl2FNO3S. The Morgan fingerprint density at radius 3 is 2.38 bits per heavy atom. The van der Waals surface area contributed by atoms with Gasteiger partial charge in [-0.05, 0) is 36.4 Å². The molecule has 0 unspecified atom stereocenters. The highest BCUT2D eigenvalue weighted by atomic mass is 35.5. The SMILES string of the molecule is NS(=O)(=O)c1cc(Cl)ccc1OCc1cc(Cl)ccc1F. The van der Waals surface area contributed by atoms with Crippen molar-refractivity contribution in [2.45, 2.75) is 11.5 Å². The van der Waals surface area contributed by atoms with Gasteiger partial charge in [-0.1, -0.05) is 23.2 Å². The quantitative estimate of drug-likeness (QED) is 0.919. The van der Waals surface area contributed by atoms with Crippen LogP contribution in [-0.4, -0.2) is 8.42 Å². The highest BCUT2D eigenvalue weighted by Crippen LogP contribution is 2.27. The summed E-state index contributed by atoms with van der Waals surface area (Å²) in [5.74, 6) is -0.521. The summed E-state index contributed by atoms with van der Waals surface area (Å²) < 4.78 is 41.9. The monoisotopic (exact) mass is 349 g/mol. The van der Waals surface area contributed by atoms with Gasteiger partial charge >= 0.3 is 0 Å². The van der Waals surface area contributed by atoms with Gasteiger partial charge in [0.1, 0.15) is 23.1 Å². The highest BCUT2D eigenvalue weighted by Gasteiger charge is 2.16. The zero-order chi connectivity index (χ0) is 15.6. The number of halogens is 3. The maximum absolute atomic E-state index is 13.6. The van der Waals surface area contributed by atoms with Crippen LogP contribution >= 0.6 is 23.2 Å². The lowest BCUT2D eigenvalue weighted by molar-refractivity contribution is 0.292. The van der Waals surface area contributed by atoms with Gasteiger partial charge < -0.3 is 4.74 Å². The number of sulfonamides is 1. The van der Waals surface area contributed by atoms with Crippen molar-refractivity contribution in [1.82, 2.24) is 0 Å². The number of ether oxygens (including phenoxy) is 1. The molecule has 21 heavy (non-hydrogen) atoms. The molecule has 2 aromatic rings. The van der Waals surface area contributed by atoms with Crippen molar-refractivity contribution >= 4 is 33.2 Å². The van der Waals surface area contributed by atoms with Gasteiger partial charge in [0.15, 0.2) is 0 Å². The molecule has 0 amide bonds. The van der Waals surface area contributed by atoms with Gasteiger partial charge in [-0.3, -0.25) is 0 Å². The average Bonchev–Trinajstić information content (AvgIpc) is 2.40. The zero-order valence-electron chi connectivity index (χ0n) is 10.5. The van der Waals surface area contributed by atoms with Crippen molar-refractivity contribution in [2.24, 2.45) is 5.14 Å². The van der Waals surface area contributed by atoms with Crippen LogP contribution in [0.25, 0.3) is 0 Å². The summed E-state index contributed by atoms with van der Waals surface area (Å²) in [6.45, 7) is -0.198. The summed E-state index contributed by atoms with van der Waals surface area (Å²) in [5.41, 5.74) is 0.192. The largest absolute Gasteiger partial charge is 0.487 e. The first-order chi connectivity index (χ1) is 9.77. The van der Waals surface area contributed by atoms with Crippen LogP contribution in [0.3, 0.4) is 0 Å². The van der Waals surface area contributed by atoms with Gasteiger partial charge in [0.2, 0.25) is 10.0 Å². The summed E-state index contributed by atoms with van der Waals surface area (Å²) in [7, 11) is -4.01. The molecule has 0 aliphatic rings. The van der Waals surface area contributed by atoms with Crippen molar-refractivity contribution in [1.29, 1.82) is 0 Å². The van der Waals surface area contributed by atoms with E-state index in [2.05, 4.69) is 0 Å². The molecule has 0 aliphatic heterocycles. The third kappa shape index (κ3) is 4.07. The predicted molar refractivity (Wildman–Crippen MR) is 78.6 cm³/mol. The van der Waals surface area contributed by atoms with E-state index in [9.17, 15) is 12.8 Å². The number of nitrogens with two attached hydrogens (primary N) is 1. The standard InChI is InChI=1S/C13H10Cl2FNO3S/c14-9-1-3-11(16)8(5-9)7-20-12-4-2-10(15)6-13(12)21(17,18)19/h1-6H,7H2,(H2,17,18,19). The molecule has 0 aromatic heterocycles. The summed E-state index contributed by atoms with van der Waals surface area (Å²) in [6.07, 6.45) is 0. The number of rotatable bonds is 4. The molecule has 2 aromatic carbocycles. The van der Waals surface area contributed by atoms with E-state index in [4.69, 9.17) is 33.1 Å². The summed E-state index contributed by atoms with van der Waals surface area (Å²) in [5, 5.41) is 5.63. The van der Waals surface area contributed by atoms with E-state index in [1.54, 1.807) is 0 Å². The molecule has 2 rings (SSSR count). The Labute approximate surface area is 131 Å². The second kappa shape index (κ2) is 6.19. The smallest absolute Gasteiger partial charge is 0.241 e. The fourth-order valence-electron chi connectivity index (χ4n) is 1.63. The Morgan fingerprint density at radius 2 is 1.71 bits per heavy atom. The van der Waals surface area contributed by atoms with E-state index in [-0.39, 0.29) is 27.8 Å². The Morgan fingerprint density at radius 1 is 1.10 bits per heavy atom. The Balaban J connectivity index is 2.30. The molecule has 4 nitrogen and oxygen atoms in total. The first kappa shape index (κ1) is 16.0. The second-order valence-corrected chi connectivity index (χ2v) is 6.56. The maximum Gasteiger partial charge on any atom is 0.241 e. The molecular weight excluding hydrogens is 340 g/mol. The predicted octanol–water partition coefficient (Wildman–Crippen LogP) is 3.36. The van der Waals surface area contributed by atoms with Crippen molar-refractivity contribution < 1.29 is 17.5 Å². The second-order valence-electron chi connectivity index (χ2n) is 4.16. The van der Waals surface area contributed by atoms with Gasteiger partial charge in [0.05, 0.1) is 0 Å². The van der Waals surface area contributed by atoms with E-state index < -0.39 is 15.8 Å². The molecule has 0 fully saturated rings. The molecule has 112 valence electrons. The van der Waals surface area contributed by atoms with Gasteiger partial charge in [0, 0.05) is 15.6 Å². The summed E-state index contributed by atoms with van der Waals surface area (Å²) in [6, 6.07) is 7.95. The maximum atomic E-state index is 13.6. The molecule has 0 aliphatic carbocycles. The lowest BCUT2D eigenvalue weighted by Gasteiger charge is -2.11. The van der Waals surface area contributed by atoms with Crippen LogP contribution in [-0.2, 0) is 16.6 Å². The normalized spacial score (nSPS) is 11.4. The summed E-state index contributed by atoms with van der Waals surface area (Å²) in [4.78, 5) is -0.266. The van der Waals surface area contributed by atoms with Gasteiger partial charge in [-0.15, -0.1) is 0 Å². The number of hydrogen-bond acceptors (Lipinski definition) is 3. The summed E-state index contributed by atoms with van der Waals surface area (Å²) >= 11 is 11.5. The molecule has 0 spiro atoms. The molecule has 0 radical (unpaired) electrons. The van der Waals surface area contributed by atoms with Crippen LogP contribution in [0.5, 0.6) is 5.75 Å².